The van der Waals surface area contributed by atoms with Crippen molar-refractivity contribution in [3.8, 4) is 11.5 Å². The number of hydrogen-bond donors (Lipinski definition) is 2. The standard InChI is InChI=1S/C23H22ClN3O6S/c1-32-18-11-14(10-15(24)21(18)29)12-19-22(30)27(23(31)34-19)13-20(28)25-16-4-2-3-5-17(16)26-6-8-33-9-7-26/h2-5,10-12,29H,6-9,13H2,1H3,(H,25,28)/b19-12-. The molecule has 0 aromatic heterocycles. The zero-order chi connectivity index (χ0) is 24.2. The van der Waals surface area contributed by atoms with Crippen molar-refractivity contribution >= 4 is 57.9 Å². The van der Waals surface area contributed by atoms with Gasteiger partial charge in [0.15, 0.2) is 11.5 Å². The minimum atomic E-state index is -0.588. The Morgan fingerprint density at radius 1 is 1.26 bits per heavy atom. The molecule has 2 saturated heterocycles. The van der Waals surface area contributed by atoms with E-state index in [9.17, 15) is 19.5 Å². The Hall–Kier alpha value is -3.21. The second kappa shape index (κ2) is 10.4. The third-order valence-corrected chi connectivity index (χ3v) is 6.47. The summed E-state index contributed by atoms with van der Waals surface area (Å²) in [5.41, 5.74) is 1.92. The van der Waals surface area contributed by atoms with Gasteiger partial charge in [-0.05, 0) is 47.7 Å². The van der Waals surface area contributed by atoms with Crippen molar-refractivity contribution in [2.24, 2.45) is 0 Å². The van der Waals surface area contributed by atoms with E-state index in [0.717, 1.165) is 22.3 Å². The van der Waals surface area contributed by atoms with Crippen LogP contribution in [0.4, 0.5) is 16.2 Å². The molecule has 0 spiro atoms. The molecule has 0 radical (unpaired) electrons. The lowest BCUT2D eigenvalue weighted by molar-refractivity contribution is -0.127. The number of phenols is 1. The molecule has 0 aliphatic carbocycles. The minimum absolute atomic E-state index is 0.0446. The molecule has 0 unspecified atom stereocenters. The zero-order valence-corrected chi connectivity index (χ0v) is 19.8. The number of amides is 3. The van der Waals surface area contributed by atoms with Crippen LogP contribution in [0.1, 0.15) is 5.56 Å². The van der Waals surface area contributed by atoms with Crippen LogP contribution in [-0.4, -0.2) is 67.0 Å². The van der Waals surface area contributed by atoms with Gasteiger partial charge in [-0.3, -0.25) is 19.3 Å². The fraction of sp³-hybridized carbons (Fsp3) is 0.261. The summed E-state index contributed by atoms with van der Waals surface area (Å²) < 4.78 is 10.5. The van der Waals surface area contributed by atoms with Gasteiger partial charge in [-0.25, -0.2) is 0 Å². The molecule has 2 aromatic rings. The molecule has 2 N–H and O–H groups in total. The molecule has 2 heterocycles. The number of ether oxygens (including phenoxy) is 2. The molecule has 4 rings (SSSR count). The van der Waals surface area contributed by atoms with Crippen LogP contribution in [-0.2, 0) is 14.3 Å². The van der Waals surface area contributed by atoms with E-state index in [4.69, 9.17) is 21.1 Å². The van der Waals surface area contributed by atoms with E-state index in [0.29, 0.717) is 37.6 Å². The van der Waals surface area contributed by atoms with Crippen molar-refractivity contribution in [1.29, 1.82) is 0 Å². The van der Waals surface area contributed by atoms with E-state index in [2.05, 4.69) is 10.2 Å². The van der Waals surface area contributed by atoms with Crippen LogP contribution in [0.3, 0.4) is 0 Å². The van der Waals surface area contributed by atoms with Crippen LogP contribution in [0.15, 0.2) is 41.3 Å². The normalized spacial score (nSPS) is 17.4. The molecule has 34 heavy (non-hydrogen) atoms. The van der Waals surface area contributed by atoms with Gasteiger partial charge >= 0.3 is 0 Å². The highest BCUT2D eigenvalue weighted by molar-refractivity contribution is 8.18. The number of nitrogens with one attached hydrogen (secondary N) is 1. The van der Waals surface area contributed by atoms with Crippen LogP contribution < -0.4 is 15.0 Å². The summed E-state index contributed by atoms with van der Waals surface area (Å²) in [5, 5.41) is 12.2. The summed E-state index contributed by atoms with van der Waals surface area (Å²) in [6.07, 6.45) is 1.46. The van der Waals surface area contributed by atoms with Crippen LogP contribution >= 0.6 is 23.4 Å². The molecule has 0 saturated carbocycles. The van der Waals surface area contributed by atoms with E-state index in [1.165, 1.54) is 25.3 Å². The summed E-state index contributed by atoms with van der Waals surface area (Å²) in [5.74, 6) is -1.16. The quantitative estimate of drug-likeness (QED) is 0.576. The number of hydrogen-bond acceptors (Lipinski definition) is 8. The molecular formula is C23H22ClN3O6S. The SMILES string of the molecule is COc1cc(/C=C2\SC(=O)N(CC(=O)Nc3ccccc3N3CCOCC3)C2=O)cc(Cl)c1O. The van der Waals surface area contributed by atoms with Crippen molar-refractivity contribution in [3.05, 3.63) is 51.9 Å². The fourth-order valence-corrected chi connectivity index (χ4v) is 4.67. The maximum Gasteiger partial charge on any atom is 0.294 e. The van der Waals surface area contributed by atoms with Gasteiger partial charge in [0.1, 0.15) is 6.54 Å². The summed E-state index contributed by atoms with van der Waals surface area (Å²) in [6, 6.07) is 10.3. The average Bonchev–Trinajstić information content (AvgIpc) is 3.09. The molecule has 2 aromatic carbocycles. The predicted molar refractivity (Wildman–Crippen MR) is 130 cm³/mol. The summed E-state index contributed by atoms with van der Waals surface area (Å²) in [7, 11) is 1.37. The molecule has 0 bridgehead atoms. The number of thioether (sulfide) groups is 1. The molecular weight excluding hydrogens is 482 g/mol. The molecule has 178 valence electrons. The smallest absolute Gasteiger partial charge is 0.294 e. The summed E-state index contributed by atoms with van der Waals surface area (Å²) >= 11 is 6.72. The molecule has 11 heteroatoms. The van der Waals surface area contributed by atoms with Gasteiger partial charge < -0.3 is 24.8 Å². The molecule has 2 fully saturated rings. The van der Waals surface area contributed by atoms with Crippen LogP contribution in [0, 0.1) is 0 Å². The van der Waals surface area contributed by atoms with E-state index in [1.54, 1.807) is 12.1 Å². The van der Waals surface area contributed by atoms with Crippen molar-refractivity contribution in [2.75, 3.05) is 50.2 Å². The molecule has 3 amide bonds. The number of nitrogens with zero attached hydrogens (tertiary/aromatic N) is 2. The van der Waals surface area contributed by atoms with Gasteiger partial charge in [0.2, 0.25) is 5.91 Å². The highest BCUT2D eigenvalue weighted by atomic mass is 35.5. The van der Waals surface area contributed by atoms with E-state index in [-0.39, 0.29) is 21.4 Å². The second-order valence-electron chi connectivity index (χ2n) is 7.49. The lowest BCUT2D eigenvalue weighted by atomic mass is 10.2. The lowest BCUT2D eigenvalue weighted by Gasteiger charge is -2.30. The van der Waals surface area contributed by atoms with Crippen LogP contribution in [0.2, 0.25) is 5.02 Å². The van der Waals surface area contributed by atoms with Gasteiger partial charge in [-0.2, -0.15) is 0 Å². The number of aromatic hydroxyl groups is 1. The Kier molecular flexibility index (Phi) is 7.30. The lowest BCUT2D eigenvalue weighted by Crippen LogP contribution is -2.38. The van der Waals surface area contributed by atoms with Gasteiger partial charge in [-0.15, -0.1) is 0 Å². The predicted octanol–water partition coefficient (Wildman–Crippen LogP) is 3.57. The molecule has 2 aliphatic rings. The number of phenolic OH excluding ortho intramolecular Hbond substituents is 1. The highest BCUT2D eigenvalue weighted by Gasteiger charge is 2.36. The van der Waals surface area contributed by atoms with Gasteiger partial charge in [0.05, 0.1) is 41.6 Å². The number of imide groups is 1. The number of rotatable bonds is 6. The monoisotopic (exact) mass is 503 g/mol. The number of halogens is 1. The topological polar surface area (TPSA) is 108 Å². The maximum atomic E-state index is 12.8. The third-order valence-electron chi connectivity index (χ3n) is 5.27. The van der Waals surface area contributed by atoms with Gasteiger partial charge in [0, 0.05) is 13.1 Å². The zero-order valence-electron chi connectivity index (χ0n) is 18.2. The number of methoxy groups -OCH3 is 1. The molecule has 9 nitrogen and oxygen atoms in total. The Morgan fingerprint density at radius 3 is 2.74 bits per heavy atom. The first-order valence-corrected chi connectivity index (χ1v) is 11.6. The van der Waals surface area contributed by atoms with E-state index >= 15 is 0 Å². The number of benzene rings is 2. The largest absolute Gasteiger partial charge is 0.503 e. The number of carbonyl (C=O) groups is 3. The average molecular weight is 504 g/mol. The molecule has 0 atom stereocenters. The van der Waals surface area contributed by atoms with E-state index in [1.807, 2.05) is 12.1 Å². The Bertz CT molecular complexity index is 1170. The summed E-state index contributed by atoms with van der Waals surface area (Å²) in [4.78, 5) is 41.2. The van der Waals surface area contributed by atoms with Gasteiger partial charge in [0.25, 0.3) is 11.1 Å². The maximum absolute atomic E-state index is 12.8. The van der Waals surface area contributed by atoms with Crippen molar-refractivity contribution < 1.29 is 29.0 Å². The van der Waals surface area contributed by atoms with Crippen molar-refractivity contribution in [3.63, 3.8) is 0 Å². The Balaban J connectivity index is 1.47. The number of anilines is 2. The van der Waals surface area contributed by atoms with Crippen molar-refractivity contribution in [1.82, 2.24) is 4.90 Å². The summed E-state index contributed by atoms with van der Waals surface area (Å²) in [6.45, 7) is 2.19. The number of para-hydroxylation sites is 2. The first-order chi connectivity index (χ1) is 16.4. The number of carbonyl (C=O) groups excluding carboxylic acids is 3. The fourth-order valence-electron chi connectivity index (χ4n) is 3.61. The molecule has 2 aliphatic heterocycles. The first kappa shape index (κ1) is 23.9. The number of morpholine rings is 1. The van der Waals surface area contributed by atoms with Crippen LogP contribution in [0.25, 0.3) is 6.08 Å². The van der Waals surface area contributed by atoms with Crippen LogP contribution in [0.5, 0.6) is 11.5 Å². The minimum Gasteiger partial charge on any atom is -0.503 e. The second-order valence-corrected chi connectivity index (χ2v) is 8.89. The third kappa shape index (κ3) is 5.14. The Labute approximate surface area is 205 Å². The van der Waals surface area contributed by atoms with E-state index < -0.39 is 23.6 Å². The highest BCUT2D eigenvalue weighted by Crippen LogP contribution is 2.38. The van der Waals surface area contributed by atoms with Crippen molar-refractivity contribution in [2.45, 2.75) is 0 Å². The first-order valence-electron chi connectivity index (χ1n) is 10.4. The van der Waals surface area contributed by atoms with Gasteiger partial charge in [-0.1, -0.05) is 23.7 Å². The Morgan fingerprint density at radius 2 is 2.00 bits per heavy atom.